The minimum absolute atomic E-state index is 0.0984. The molecule has 0 spiro atoms. The third kappa shape index (κ3) is 2.87. The van der Waals surface area contributed by atoms with Crippen LogP contribution in [0.25, 0.3) is 6.08 Å². The van der Waals surface area contributed by atoms with Crippen molar-refractivity contribution >= 4 is 23.8 Å². The maximum absolute atomic E-state index is 10.7. The maximum atomic E-state index is 10.7. The van der Waals surface area contributed by atoms with Gasteiger partial charge in [0.15, 0.2) is 0 Å². The van der Waals surface area contributed by atoms with Gasteiger partial charge in [0.1, 0.15) is 6.04 Å². The summed E-state index contributed by atoms with van der Waals surface area (Å²) in [6.07, 6.45) is 4.01. The highest BCUT2D eigenvalue weighted by Gasteiger charge is 2.27. The molecule has 84 valence electrons. The molecule has 1 aromatic rings. The van der Waals surface area contributed by atoms with E-state index in [-0.39, 0.29) is 5.37 Å². The van der Waals surface area contributed by atoms with Crippen molar-refractivity contribution in [2.24, 2.45) is 0 Å². The van der Waals surface area contributed by atoms with Crippen molar-refractivity contribution in [1.29, 1.82) is 0 Å². The number of hydrogen-bond acceptors (Lipinski definition) is 3. The Bertz CT molecular complexity index is 391. The van der Waals surface area contributed by atoms with Gasteiger partial charge in [-0.05, 0) is 5.56 Å². The van der Waals surface area contributed by atoms with Crippen LogP contribution >= 0.6 is 11.8 Å². The molecule has 2 rings (SSSR count). The third-order valence-corrected chi connectivity index (χ3v) is 3.55. The van der Waals surface area contributed by atoms with Gasteiger partial charge in [-0.3, -0.25) is 10.1 Å². The first-order valence-electron chi connectivity index (χ1n) is 5.09. The molecule has 0 bridgehead atoms. The van der Waals surface area contributed by atoms with Crippen molar-refractivity contribution in [3.05, 3.63) is 42.0 Å². The average molecular weight is 235 g/mol. The molecule has 0 amide bonds. The summed E-state index contributed by atoms with van der Waals surface area (Å²) >= 11 is 1.62. The van der Waals surface area contributed by atoms with E-state index in [2.05, 4.69) is 5.32 Å². The van der Waals surface area contributed by atoms with Gasteiger partial charge in [0.05, 0.1) is 5.37 Å². The summed E-state index contributed by atoms with van der Waals surface area (Å²) in [6, 6.07) is 9.55. The van der Waals surface area contributed by atoms with Gasteiger partial charge in [0.2, 0.25) is 0 Å². The Hall–Kier alpha value is -1.26. The Morgan fingerprint density at radius 1 is 1.44 bits per heavy atom. The minimum Gasteiger partial charge on any atom is -0.480 e. The van der Waals surface area contributed by atoms with Crippen LogP contribution < -0.4 is 5.32 Å². The minimum atomic E-state index is -0.775. The summed E-state index contributed by atoms with van der Waals surface area (Å²) in [6.45, 7) is 0. The van der Waals surface area contributed by atoms with Gasteiger partial charge in [-0.15, -0.1) is 11.8 Å². The predicted molar refractivity (Wildman–Crippen MR) is 66.3 cm³/mol. The summed E-state index contributed by atoms with van der Waals surface area (Å²) in [5, 5.41) is 12.0. The number of carbonyl (C=O) groups is 1. The topological polar surface area (TPSA) is 49.3 Å². The van der Waals surface area contributed by atoms with Crippen molar-refractivity contribution < 1.29 is 9.90 Å². The summed E-state index contributed by atoms with van der Waals surface area (Å²) in [5.74, 6) is -0.151. The summed E-state index contributed by atoms with van der Waals surface area (Å²) in [5.41, 5.74) is 1.13. The fourth-order valence-electron chi connectivity index (χ4n) is 1.51. The van der Waals surface area contributed by atoms with Crippen LogP contribution in [0.5, 0.6) is 0 Å². The van der Waals surface area contributed by atoms with Crippen LogP contribution in [0.4, 0.5) is 0 Å². The van der Waals surface area contributed by atoms with Gasteiger partial charge in [0, 0.05) is 5.75 Å². The second-order valence-electron chi connectivity index (χ2n) is 3.58. The zero-order chi connectivity index (χ0) is 11.4. The molecule has 1 aliphatic heterocycles. The molecular formula is C12H13NO2S. The Morgan fingerprint density at radius 3 is 2.81 bits per heavy atom. The van der Waals surface area contributed by atoms with Crippen LogP contribution in [-0.4, -0.2) is 28.2 Å². The maximum Gasteiger partial charge on any atom is 0.321 e. The molecule has 1 heterocycles. The Balaban J connectivity index is 1.92. The van der Waals surface area contributed by atoms with Crippen molar-refractivity contribution in [2.45, 2.75) is 11.4 Å². The summed E-state index contributed by atoms with van der Waals surface area (Å²) < 4.78 is 0. The molecular weight excluding hydrogens is 222 g/mol. The van der Waals surface area contributed by atoms with Gasteiger partial charge < -0.3 is 5.11 Å². The normalized spacial score (nSPS) is 25.0. The van der Waals surface area contributed by atoms with E-state index in [1.54, 1.807) is 11.8 Å². The van der Waals surface area contributed by atoms with Crippen LogP contribution in [0.15, 0.2) is 36.4 Å². The lowest BCUT2D eigenvalue weighted by atomic mass is 10.2. The quantitative estimate of drug-likeness (QED) is 0.839. The highest BCUT2D eigenvalue weighted by Crippen LogP contribution is 2.20. The average Bonchev–Trinajstić information content (AvgIpc) is 2.76. The molecule has 1 saturated heterocycles. The molecule has 3 nitrogen and oxygen atoms in total. The molecule has 16 heavy (non-hydrogen) atoms. The molecule has 2 N–H and O–H groups in total. The summed E-state index contributed by atoms with van der Waals surface area (Å²) in [4.78, 5) is 10.7. The van der Waals surface area contributed by atoms with E-state index in [1.807, 2.05) is 42.5 Å². The first kappa shape index (κ1) is 11.2. The number of benzene rings is 1. The molecule has 0 aromatic heterocycles. The van der Waals surface area contributed by atoms with Crippen LogP contribution in [0.2, 0.25) is 0 Å². The molecule has 1 aromatic carbocycles. The van der Waals surface area contributed by atoms with Crippen molar-refractivity contribution in [3.63, 3.8) is 0 Å². The molecule has 2 atom stereocenters. The fourth-order valence-corrected chi connectivity index (χ4v) is 2.60. The fraction of sp³-hybridized carbons (Fsp3) is 0.250. The van der Waals surface area contributed by atoms with Crippen molar-refractivity contribution in [1.82, 2.24) is 5.32 Å². The predicted octanol–water partition coefficient (Wildman–Crippen LogP) is 1.82. The van der Waals surface area contributed by atoms with Crippen molar-refractivity contribution in [3.8, 4) is 0 Å². The SMILES string of the molecule is O=C(O)[C@H]1CS[C@@H](/C=C/c2ccccc2)N1. The standard InChI is InChI=1S/C12H13NO2S/c14-12(15)10-8-16-11(13-10)7-6-9-4-2-1-3-5-9/h1-7,10-11,13H,8H2,(H,14,15)/b7-6+/t10-,11+/m1/s1. The lowest BCUT2D eigenvalue weighted by molar-refractivity contribution is -0.138. The summed E-state index contributed by atoms with van der Waals surface area (Å²) in [7, 11) is 0. The number of rotatable bonds is 3. The number of carboxylic acids is 1. The van der Waals surface area contributed by atoms with E-state index < -0.39 is 12.0 Å². The van der Waals surface area contributed by atoms with E-state index >= 15 is 0 Å². The highest BCUT2D eigenvalue weighted by atomic mass is 32.2. The van der Waals surface area contributed by atoms with Crippen molar-refractivity contribution in [2.75, 3.05) is 5.75 Å². The van der Waals surface area contributed by atoms with Crippen LogP contribution in [-0.2, 0) is 4.79 Å². The van der Waals surface area contributed by atoms with E-state index in [0.717, 1.165) is 5.56 Å². The number of nitrogens with one attached hydrogen (secondary N) is 1. The smallest absolute Gasteiger partial charge is 0.321 e. The number of aliphatic carboxylic acids is 1. The molecule has 0 aliphatic carbocycles. The number of hydrogen-bond donors (Lipinski definition) is 2. The van der Waals surface area contributed by atoms with Gasteiger partial charge in [-0.25, -0.2) is 0 Å². The Labute approximate surface area is 98.6 Å². The Kier molecular flexibility index (Phi) is 3.64. The third-order valence-electron chi connectivity index (χ3n) is 2.37. The number of thioether (sulfide) groups is 1. The first-order valence-corrected chi connectivity index (χ1v) is 6.14. The van der Waals surface area contributed by atoms with Gasteiger partial charge in [-0.2, -0.15) is 0 Å². The van der Waals surface area contributed by atoms with Gasteiger partial charge in [-0.1, -0.05) is 42.5 Å². The zero-order valence-corrected chi connectivity index (χ0v) is 9.48. The van der Waals surface area contributed by atoms with Gasteiger partial charge in [0.25, 0.3) is 0 Å². The monoisotopic (exact) mass is 235 g/mol. The van der Waals surface area contributed by atoms with E-state index in [1.165, 1.54) is 0 Å². The molecule has 4 heteroatoms. The highest BCUT2D eigenvalue weighted by molar-refractivity contribution is 8.00. The molecule has 1 aliphatic rings. The largest absolute Gasteiger partial charge is 0.480 e. The first-order chi connectivity index (χ1) is 7.75. The van der Waals surface area contributed by atoms with E-state index in [0.29, 0.717) is 5.75 Å². The lowest BCUT2D eigenvalue weighted by Gasteiger charge is -2.05. The lowest BCUT2D eigenvalue weighted by Crippen LogP contribution is -2.35. The molecule has 0 saturated carbocycles. The molecule has 0 unspecified atom stereocenters. The van der Waals surface area contributed by atoms with Crippen LogP contribution in [0, 0.1) is 0 Å². The van der Waals surface area contributed by atoms with Crippen LogP contribution in [0.1, 0.15) is 5.56 Å². The van der Waals surface area contributed by atoms with Gasteiger partial charge >= 0.3 is 5.97 Å². The second-order valence-corrected chi connectivity index (χ2v) is 4.76. The Morgan fingerprint density at radius 2 is 2.19 bits per heavy atom. The van der Waals surface area contributed by atoms with Crippen LogP contribution in [0.3, 0.4) is 0 Å². The number of carboxylic acid groups (broad SMARTS) is 1. The van der Waals surface area contributed by atoms with E-state index in [9.17, 15) is 4.79 Å². The molecule has 0 radical (unpaired) electrons. The van der Waals surface area contributed by atoms with E-state index in [4.69, 9.17) is 5.11 Å². The second kappa shape index (κ2) is 5.18. The zero-order valence-electron chi connectivity index (χ0n) is 8.67. The molecule has 1 fully saturated rings.